The van der Waals surface area contributed by atoms with Gasteiger partial charge < -0.3 is 24.8 Å². The highest BCUT2D eigenvalue weighted by Crippen LogP contribution is 2.46. The van der Waals surface area contributed by atoms with Crippen molar-refractivity contribution in [3.05, 3.63) is 12.2 Å². The van der Waals surface area contributed by atoms with E-state index in [9.17, 15) is 19.5 Å². The molecule has 0 bridgehead atoms. The fraction of sp³-hybridized carbons (Fsp3) is 0.800. The molecule has 3 rings (SSSR count). The summed E-state index contributed by atoms with van der Waals surface area (Å²) in [4.78, 5) is 44.0. The molecule has 2 amide bonds. The lowest BCUT2D eigenvalue weighted by Crippen LogP contribution is -2.53. The maximum Gasteiger partial charge on any atom is 0.310 e. The van der Waals surface area contributed by atoms with Crippen molar-refractivity contribution in [1.82, 2.24) is 15.1 Å². The van der Waals surface area contributed by atoms with Gasteiger partial charge in [0, 0.05) is 32.1 Å². The van der Waals surface area contributed by atoms with Crippen LogP contribution in [0.2, 0.25) is 0 Å². The van der Waals surface area contributed by atoms with Gasteiger partial charge in [-0.1, -0.05) is 32.4 Å². The molecule has 1 aliphatic carbocycles. The summed E-state index contributed by atoms with van der Waals surface area (Å²) in [5, 5.41) is 13.0. The maximum atomic E-state index is 13.8. The summed E-state index contributed by atoms with van der Waals surface area (Å²) < 4.78 is 10.8. The molecule has 0 saturated carbocycles. The van der Waals surface area contributed by atoms with Gasteiger partial charge in [0.2, 0.25) is 11.8 Å². The van der Waals surface area contributed by atoms with Crippen LogP contribution in [0.15, 0.2) is 12.2 Å². The van der Waals surface area contributed by atoms with Gasteiger partial charge in [-0.15, -0.1) is 0 Å². The predicted molar refractivity (Wildman–Crippen MR) is 127 cm³/mol. The topological polar surface area (TPSA) is 108 Å². The maximum absolute atomic E-state index is 13.8. The van der Waals surface area contributed by atoms with E-state index in [1.165, 1.54) is 0 Å². The Bertz CT molecular complexity index is 734. The fourth-order valence-electron chi connectivity index (χ4n) is 5.69. The molecule has 34 heavy (non-hydrogen) atoms. The molecule has 192 valence electrons. The monoisotopic (exact) mass is 479 g/mol. The van der Waals surface area contributed by atoms with Crippen molar-refractivity contribution in [2.45, 2.75) is 52.1 Å². The van der Waals surface area contributed by atoms with Gasteiger partial charge in [-0.3, -0.25) is 19.3 Å². The average Bonchev–Trinajstić information content (AvgIpc) is 3.13. The molecular formula is C25H41N3O6. The third-order valence-electron chi connectivity index (χ3n) is 7.40. The minimum Gasteiger partial charge on any atom is -0.466 e. The van der Waals surface area contributed by atoms with Crippen molar-refractivity contribution in [2.75, 3.05) is 52.6 Å². The zero-order valence-corrected chi connectivity index (χ0v) is 20.8. The van der Waals surface area contributed by atoms with Gasteiger partial charge in [0.25, 0.3) is 0 Å². The lowest BCUT2D eigenvalue weighted by Gasteiger charge is -2.34. The average molecular weight is 480 g/mol. The number of amides is 2. The molecule has 0 unspecified atom stereocenters. The number of morpholine rings is 1. The van der Waals surface area contributed by atoms with Gasteiger partial charge >= 0.3 is 5.97 Å². The summed E-state index contributed by atoms with van der Waals surface area (Å²) in [6, 6.07) is -1.23. The van der Waals surface area contributed by atoms with Crippen LogP contribution in [-0.2, 0) is 23.9 Å². The third-order valence-corrected chi connectivity index (χ3v) is 7.40. The van der Waals surface area contributed by atoms with Crippen LogP contribution in [0.1, 0.15) is 40.0 Å². The number of carbonyl (C=O) groups excluding carboxylic acids is 3. The second kappa shape index (κ2) is 12.7. The highest BCUT2D eigenvalue weighted by atomic mass is 16.5. The van der Waals surface area contributed by atoms with Crippen LogP contribution in [0, 0.1) is 23.7 Å². The molecule has 9 nitrogen and oxygen atoms in total. The first-order valence-electron chi connectivity index (χ1n) is 12.8. The number of aliphatic hydroxyl groups is 1. The number of hydrogen-bond acceptors (Lipinski definition) is 7. The summed E-state index contributed by atoms with van der Waals surface area (Å²) in [6.07, 6.45) is 6.11. The Labute approximate surface area is 202 Å². The van der Waals surface area contributed by atoms with Crippen LogP contribution in [0.4, 0.5) is 0 Å². The Morgan fingerprint density at radius 2 is 1.97 bits per heavy atom. The predicted octanol–water partition coefficient (Wildman–Crippen LogP) is 0.814. The molecule has 3 aliphatic rings. The van der Waals surface area contributed by atoms with Gasteiger partial charge in [0.15, 0.2) is 0 Å². The van der Waals surface area contributed by atoms with E-state index in [0.29, 0.717) is 32.7 Å². The second-order valence-corrected chi connectivity index (χ2v) is 9.40. The zero-order chi connectivity index (χ0) is 24.7. The third kappa shape index (κ3) is 5.63. The first-order valence-corrected chi connectivity index (χ1v) is 12.8. The van der Waals surface area contributed by atoms with Gasteiger partial charge in [0.05, 0.1) is 44.3 Å². The quantitative estimate of drug-likeness (QED) is 0.334. The Balaban J connectivity index is 1.85. The molecule has 2 N–H and O–H groups in total. The Kier molecular flexibility index (Phi) is 9.91. The number of esters is 1. The number of hydrogen-bond donors (Lipinski definition) is 2. The molecule has 6 atom stereocenters. The number of ether oxygens (including phenoxy) is 2. The molecule has 0 spiro atoms. The van der Waals surface area contributed by atoms with Crippen LogP contribution in [0.5, 0.6) is 0 Å². The number of fused-ring (bicyclic) bond motifs is 1. The normalized spacial score (nSPS) is 30.2. The zero-order valence-electron chi connectivity index (χ0n) is 20.8. The SMILES string of the molecule is CCC[C@@H]1C=C[C@H]2[C@@H](C(=O)N([C@@H](CC)CO)[C@@H]2C(=O)NCCN2CCOCC2)[C@@H]1C(=O)OCC. The summed E-state index contributed by atoms with van der Waals surface area (Å²) in [7, 11) is 0. The first kappa shape index (κ1) is 26.6. The lowest BCUT2D eigenvalue weighted by molar-refractivity contribution is -0.156. The van der Waals surface area contributed by atoms with Crippen molar-refractivity contribution in [3.63, 3.8) is 0 Å². The molecule has 9 heteroatoms. The van der Waals surface area contributed by atoms with Crippen LogP contribution in [0.25, 0.3) is 0 Å². The summed E-state index contributed by atoms with van der Waals surface area (Å²) in [6.45, 7) is 9.94. The van der Waals surface area contributed by atoms with E-state index in [1.54, 1.807) is 11.8 Å². The van der Waals surface area contributed by atoms with E-state index >= 15 is 0 Å². The van der Waals surface area contributed by atoms with Crippen molar-refractivity contribution < 1.29 is 29.0 Å². The standard InChI is InChI=1S/C25H41N3O6/c1-4-7-17-8-9-19-21(20(17)25(32)34-6-3)24(31)28(18(5-2)16-29)22(19)23(30)26-10-11-27-12-14-33-15-13-27/h8-9,17-22,29H,4-7,10-16H2,1-3H3,(H,26,30)/t17-,18+,19+,20-,21-,22+/m1/s1. The minimum absolute atomic E-state index is 0.103. The van der Waals surface area contributed by atoms with E-state index in [4.69, 9.17) is 9.47 Å². The number of nitrogens with zero attached hydrogens (tertiary/aromatic N) is 2. The molecule has 0 radical (unpaired) electrons. The number of allylic oxidation sites excluding steroid dienone is 1. The molecule has 0 aromatic heterocycles. The van der Waals surface area contributed by atoms with Crippen LogP contribution >= 0.6 is 0 Å². The number of nitrogens with one attached hydrogen (secondary N) is 1. The summed E-state index contributed by atoms with van der Waals surface area (Å²) in [5.41, 5.74) is 0. The molecule has 2 fully saturated rings. The fourth-order valence-corrected chi connectivity index (χ4v) is 5.69. The molecular weight excluding hydrogens is 438 g/mol. The largest absolute Gasteiger partial charge is 0.466 e. The molecule has 2 heterocycles. The van der Waals surface area contributed by atoms with Gasteiger partial charge in [-0.2, -0.15) is 0 Å². The van der Waals surface area contributed by atoms with Gasteiger partial charge in [0.1, 0.15) is 6.04 Å². The Hall–Kier alpha value is -1.97. The van der Waals surface area contributed by atoms with Crippen molar-refractivity contribution >= 4 is 17.8 Å². The van der Waals surface area contributed by atoms with Crippen LogP contribution in [-0.4, -0.2) is 97.4 Å². The molecule has 2 aliphatic heterocycles. The summed E-state index contributed by atoms with van der Waals surface area (Å²) >= 11 is 0. The number of likely N-dealkylation sites (tertiary alicyclic amines) is 1. The van der Waals surface area contributed by atoms with E-state index in [0.717, 1.165) is 25.9 Å². The highest BCUT2D eigenvalue weighted by molar-refractivity contribution is 5.96. The number of aliphatic hydroxyl groups excluding tert-OH is 1. The molecule has 2 saturated heterocycles. The van der Waals surface area contributed by atoms with Crippen LogP contribution in [0.3, 0.4) is 0 Å². The smallest absolute Gasteiger partial charge is 0.310 e. The first-order chi connectivity index (χ1) is 16.5. The highest BCUT2D eigenvalue weighted by Gasteiger charge is 2.58. The van der Waals surface area contributed by atoms with Crippen molar-refractivity contribution in [2.24, 2.45) is 23.7 Å². The van der Waals surface area contributed by atoms with E-state index in [2.05, 4.69) is 17.1 Å². The van der Waals surface area contributed by atoms with Gasteiger partial charge in [-0.05, 0) is 25.7 Å². The number of carbonyl (C=O) groups is 3. The van der Waals surface area contributed by atoms with E-state index < -0.39 is 29.8 Å². The summed E-state index contributed by atoms with van der Waals surface area (Å²) in [5.74, 6) is -2.65. The lowest BCUT2D eigenvalue weighted by atomic mass is 9.69. The van der Waals surface area contributed by atoms with E-state index in [-0.39, 0.29) is 36.9 Å². The minimum atomic E-state index is -0.755. The second-order valence-electron chi connectivity index (χ2n) is 9.40. The van der Waals surface area contributed by atoms with Crippen molar-refractivity contribution in [3.8, 4) is 0 Å². The van der Waals surface area contributed by atoms with Crippen molar-refractivity contribution in [1.29, 1.82) is 0 Å². The van der Waals surface area contributed by atoms with E-state index in [1.807, 2.05) is 19.1 Å². The number of rotatable bonds is 11. The Morgan fingerprint density at radius 3 is 2.59 bits per heavy atom. The Morgan fingerprint density at radius 1 is 1.24 bits per heavy atom. The molecule has 0 aromatic carbocycles. The van der Waals surface area contributed by atoms with Crippen LogP contribution < -0.4 is 5.32 Å². The van der Waals surface area contributed by atoms with Gasteiger partial charge in [-0.25, -0.2) is 0 Å². The molecule has 0 aromatic rings.